The van der Waals surface area contributed by atoms with Gasteiger partial charge in [-0.05, 0) is 25.2 Å². The van der Waals surface area contributed by atoms with Crippen LogP contribution in [-0.4, -0.2) is 35.0 Å². The standard InChI is InChI=1S/C13H20N2O4/c16-10-7-6-9(14-10)12(17)15-11(13(18)19)8-4-2-1-3-5-8/h8-9,11H,1-7H2,(H,14,16)(H,15,17)(H,18,19)/t9-,11?/m0/s1. The van der Waals surface area contributed by atoms with Gasteiger partial charge in [-0.25, -0.2) is 4.79 Å². The first-order valence-electron chi connectivity index (χ1n) is 6.90. The molecular formula is C13H20N2O4. The van der Waals surface area contributed by atoms with Crippen LogP contribution in [0.3, 0.4) is 0 Å². The third kappa shape index (κ3) is 3.45. The maximum absolute atomic E-state index is 12.0. The zero-order valence-electron chi connectivity index (χ0n) is 10.9. The van der Waals surface area contributed by atoms with E-state index in [-0.39, 0.29) is 17.7 Å². The second-order valence-corrected chi connectivity index (χ2v) is 5.38. The Balaban J connectivity index is 1.94. The van der Waals surface area contributed by atoms with E-state index in [1.165, 1.54) is 0 Å². The van der Waals surface area contributed by atoms with Crippen molar-refractivity contribution in [1.29, 1.82) is 0 Å². The number of hydrogen-bond donors (Lipinski definition) is 3. The Kier molecular flexibility index (Phi) is 4.39. The molecule has 2 rings (SSSR count). The van der Waals surface area contributed by atoms with Gasteiger partial charge in [-0.1, -0.05) is 19.3 Å². The maximum atomic E-state index is 12.0. The van der Waals surface area contributed by atoms with Gasteiger partial charge in [0.25, 0.3) is 0 Å². The average Bonchev–Trinajstić information content (AvgIpc) is 2.83. The molecule has 3 N–H and O–H groups in total. The van der Waals surface area contributed by atoms with Crippen molar-refractivity contribution in [2.45, 2.75) is 57.0 Å². The molecule has 6 nitrogen and oxygen atoms in total. The molecule has 2 fully saturated rings. The third-order valence-corrected chi connectivity index (χ3v) is 4.00. The zero-order chi connectivity index (χ0) is 13.8. The molecule has 2 aliphatic rings. The topological polar surface area (TPSA) is 95.5 Å². The second kappa shape index (κ2) is 6.04. The summed E-state index contributed by atoms with van der Waals surface area (Å²) in [5.41, 5.74) is 0. The first-order chi connectivity index (χ1) is 9.08. The lowest BCUT2D eigenvalue weighted by Gasteiger charge is -2.28. The molecule has 2 amide bonds. The van der Waals surface area contributed by atoms with Crippen molar-refractivity contribution in [1.82, 2.24) is 10.6 Å². The Morgan fingerprint density at radius 1 is 1.21 bits per heavy atom. The second-order valence-electron chi connectivity index (χ2n) is 5.38. The van der Waals surface area contributed by atoms with Crippen molar-refractivity contribution in [2.24, 2.45) is 5.92 Å². The van der Waals surface area contributed by atoms with Crippen LogP contribution in [0.4, 0.5) is 0 Å². The summed E-state index contributed by atoms with van der Waals surface area (Å²) >= 11 is 0. The number of hydrogen-bond acceptors (Lipinski definition) is 3. The number of aliphatic carboxylic acids is 1. The van der Waals surface area contributed by atoms with Crippen molar-refractivity contribution in [3.05, 3.63) is 0 Å². The van der Waals surface area contributed by atoms with E-state index in [9.17, 15) is 19.5 Å². The molecule has 1 aliphatic heterocycles. The lowest BCUT2D eigenvalue weighted by atomic mass is 9.84. The van der Waals surface area contributed by atoms with Gasteiger partial charge in [0.05, 0.1) is 0 Å². The highest BCUT2D eigenvalue weighted by atomic mass is 16.4. The van der Waals surface area contributed by atoms with Crippen molar-refractivity contribution in [2.75, 3.05) is 0 Å². The summed E-state index contributed by atoms with van der Waals surface area (Å²) in [5.74, 6) is -1.50. The molecule has 0 radical (unpaired) electrons. The first-order valence-corrected chi connectivity index (χ1v) is 6.90. The van der Waals surface area contributed by atoms with E-state index >= 15 is 0 Å². The van der Waals surface area contributed by atoms with E-state index in [1.807, 2.05) is 0 Å². The van der Waals surface area contributed by atoms with Crippen LogP contribution in [0.25, 0.3) is 0 Å². The predicted molar refractivity (Wildman–Crippen MR) is 67.3 cm³/mol. The van der Waals surface area contributed by atoms with Crippen LogP contribution in [0.15, 0.2) is 0 Å². The molecule has 0 spiro atoms. The van der Waals surface area contributed by atoms with Gasteiger partial charge in [0.2, 0.25) is 11.8 Å². The lowest BCUT2D eigenvalue weighted by molar-refractivity contribution is -0.144. The number of carbonyl (C=O) groups excluding carboxylic acids is 2. The molecule has 6 heteroatoms. The number of amides is 2. The molecule has 0 aromatic heterocycles. The summed E-state index contributed by atoms with van der Waals surface area (Å²) in [6, 6.07) is -1.40. The Hall–Kier alpha value is -1.59. The minimum Gasteiger partial charge on any atom is -0.480 e. The Bertz CT molecular complexity index is 377. The predicted octanol–water partition coefficient (Wildman–Crippen LogP) is 0.415. The summed E-state index contributed by atoms with van der Waals surface area (Å²) in [6.45, 7) is 0. The van der Waals surface area contributed by atoms with Gasteiger partial charge < -0.3 is 15.7 Å². The Labute approximate surface area is 111 Å². The first kappa shape index (κ1) is 13.8. The number of rotatable bonds is 4. The Morgan fingerprint density at radius 2 is 1.89 bits per heavy atom. The van der Waals surface area contributed by atoms with Crippen LogP contribution in [0.1, 0.15) is 44.9 Å². The third-order valence-electron chi connectivity index (χ3n) is 4.00. The number of carbonyl (C=O) groups is 3. The van der Waals surface area contributed by atoms with Gasteiger partial charge in [-0.2, -0.15) is 0 Å². The van der Waals surface area contributed by atoms with Crippen LogP contribution >= 0.6 is 0 Å². The van der Waals surface area contributed by atoms with E-state index in [0.29, 0.717) is 12.8 Å². The van der Waals surface area contributed by atoms with Gasteiger partial charge >= 0.3 is 5.97 Å². The van der Waals surface area contributed by atoms with Crippen LogP contribution in [0.2, 0.25) is 0 Å². The molecule has 0 aromatic carbocycles. The number of carboxylic acids is 1. The molecule has 19 heavy (non-hydrogen) atoms. The van der Waals surface area contributed by atoms with Crippen LogP contribution < -0.4 is 10.6 Å². The molecule has 1 aliphatic carbocycles. The van der Waals surface area contributed by atoms with Crippen molar-refractivity contribution >= 4 is 17.8 Å². The van der Waals surface area contributed by atoms with E-state index in [2.05, 4.69) is 10.6 Å². The van der Waals surface area contributed by atoms with Crippen LogP contribution in [0.5, 0.6) is 0 Å². The molecule has 0 aromatic rings. The monoisotopic (exact) mass is 268 g/mol. The van der Waals surface area contributed by atoms with Gasteiger partial charge in [-0.3, -0.25) is 9.59 Å². The van der Waals surface area contributed by atoms with Crippen LogP contribution in [-0.2, 0) is 14.4 Å². The fourth-order valence-corrected chi connectivity index (χ4v) is 2.91. The molecule has 0 bridgehead atoms. The van der Waals surface area contributed by atoms with E-state index < -0.39 is 18.1 Å². The fourth-order valence-electron chi connectivity index (χ4n) is 2.91. The molecule has 1 heterocycles. The number of nitrogens with one attached hydrogen (secondary N) is 2. The normalized spacial score (nSPS) is 25.7. The highest BCUT2D eigenvalue weighted by Gasteiger charge is 2.34. The van der Waals surface area contributed by atoms with Crippen molar-refractivity contribution in [3.63, 3.8) is 0 Å². The van der Waals surface area contributed by atoms with Gasteiger partial charge in [0, 0.05) is 6.42 Å². The molecule has 1 saturated heterocycles. The number of carboxylic acid groups (broad SMARTS) is 1. The largest absolute Gasteiger partial charge is 0.480 e. The van der Waals surface area contributed by atoms with E-state index in [4.69, 9.17) is 0 Å². The maximum Gasteiger partial charge on any atom is 0.326 e. The SMILES string of the molecule is O=C1CC[C@@H](C(=O)NC(C(=O)O)C2CCCCC2)N1. The minimum atomic E-state index is -0.982. The lowest BCUT2D eigenvalue weighted by Crippen LogP contribution is -2.52. The van der Waals surface area contributed by atoms with Gasteiger partial charge in [0.1, 0.15) is 12.1 Å². The zero-order valence-corrected chi connectivity index (χ0v) is 10.9. The summed E-state index contributed by atoms with van der Waals surface area (Å²) < 4.78 is 0. The summed E-state index contributed by atoms with van der Waals surface area (Å²) in [6.07, 6.45) is 5.63. The molecule has 1 unspecified atom stereocenters. The summed E-state index contributed by atoms with van der Waals surface area (Å²) in [7, 11) is 0. The molecule has 106 valence electrons. The van der Waals surface area contributed by atoms with Crippen molar-refractivity contribution < 1.29 is 19.5 Å². The minimum absolute atomic E-state index is 0.00676. The van der Waals surface area contributed by atoms with Gasteiger partial charge in [0.15, 0.2) is 0 Å². The summed E-state index contributed by atoms with van der Waals surface area (Å²) in [4.78, 5) is 34.3. The van der Waals surface area contributed by atoms with E-state index in [1.54, 1.807) is 0 Å². The molecular weight excluding hydrogens is 248 g/mol. The molecule has 2 atom stereocenters. The van der Waals surface area contributed by atoms with Gasteiger partial charge in [-0.15, -0.1) is 0 Å². The fraction of sp³-hybridized carbons (Fsp3) is 0.769. The van der Waals surface area contributed by atoms with E-state index in [0.717, 1.165) is 32.1 Å². The highest BCUT2D eigenvalue weighted by molar-refractivity contribution is 5.92. The highest BCUT2D eigenvalue weighted by Crippen LogP contribution is 2.26. The quantitative estimate of drug-likeness (QED) is 0.688. The van der Waals surface area contributed by atoms with Crippen LogP contribution in [0, 0.1) is 5.92 Å². The summed E-state index contributed by atoms with van der Waals surface area (Å²) in [5, 5.41) is 14.4. The smallest absolute Gasteiger partial charge is 0.326 e. The average molecular weight is 268 g/mol. The van der Waals surface area contributed by atoms with Crippen molar-refractivity contribution in [3.8, 4) is 0 Å². The Morgan fingerprint density at radius 3 is 2.42 bits per heavy atom. The molecule has 1 saturated carbocycles.